The Balaban J connectivity index is 2.01. The monoisotopic (exact) mass is 296 g/mol. The molecule has 2 rings (SSSR count). The van der Waals surface area contributed by atoms with E-state index in [1.54, 1.807) is 24.3 Å². The van der Waals surface area contributed by atoms with Crippen LogP contribution < -0.4 is 10.6 Å². The van der Waals surface area contributed by atoms with Crippen molar-refractivity contribution < 1.29 is 14.7 Å². The molecule has 1 aromatic carbocycles. The van der Waals surface area contributed by atoms with Crippen LogP contribution in [-0.2, 0) is 4.79 Å². The topological polar surface area (TPSA) is 78.4 Å². The van der Waals surface area contributed by atoms with E-state index in [0.717, 1.165) is 12.8 Å². The molecule has 2 unspecified atom stereocenters. The van der Waals surface area contributed by atoms with Gasteiger partial charge in [0.25, 0.3) is 0 Å². The maximum absolute atomic E-state index is 11.8. The van der Waals surface area contributed by atoms with E-state index in [2.05, 4.69) is 17.6 Å². The number of amides is 2. The van der Waals surface area contributed by atoms with Crippen LogP contribution in [0, 0.1) is 5.92 Å². The summed E-state index contributed by atoms with van der Waals surface area (Å²) in [4.78, 5) is 23.1. The summed E-state index contributed by atoms with van der Waals surface area (Å²) in [6.07, 6.45) is 1.96. The summed E-state index contributed by atoms with van der Waals surface area (Å²) in [5.41, 5.74) is 0.375. The van der Waals surface area contributed by atoms with Crippen molar-refractivity contribution in [1.82, 2.24) is 10.6 Å². The van der Waals surface area contributed by atoms with E-state index in [9.17, 15) is 14.7 Å². The minimum absolute atomic E-state index is 0.153. The highest BCUT2D eigenvalue weighted by Gasteiger charge is 2.37. The van der Waals surface area contributed by atoms with Crippen LogP contribution in [0.5, 0.6) is 0 Å². The van der Waals surface area contributed by atoms with Gasteiger partial charge in [0.2, 0.25) is 0 Å². The molecule has 0 bridgehead atoms. The average Bonchev–Trinajstić information content (AvgIpc) is 3.15. The van der Waals surface area contributed by atoms with Crippen LogP contribution in [0.4, 0.5) is 4.79 Å². The van der Waals surface area contributed by atoms with E-state index in [0.29, 0.717) is 16.5 Å². The quantitative estimate of drug-likeness (QED) is 0.781. The molecule has 3 atom stereocenters. The second-order valence-corrected chi connectivity index (χ2v) is 5.33. The number of nitrogens with one attached hydrogen (secondary N) is 2. The van der Waals surface area contributed by atoms with Crippen molar-refractivity contribution in [1.29, 1.82) is 0 Å². The van der Waals surface area contributed by atoms with E-state index in [1.807, 2.05) is 0 Å². The first kappa shape index (κ1) is 14.7. The molecule has 1 aromatic rings. The summed E-state index contributed by atoms with van der Waals surface area (Å²) >= 11 is 5.98. The summed E-state index contributed by atoms with van der Waals surface area (Å²) in [6, 6.07) is 5.11. The number of benzene rings is 1. The average molecular weight is 297 g/mol. The summed E-state index contributed by atoms with van der Waals surface area (Å²) in [5.74, 6) is -0.638. The fourth-order valence-electron chi connectivity index (χ4n) is 2.20. The molecule has 5 nitrogen and oxygen atoms in total. The Labute approximate surface area is 122 Å². The van der Waals surface area contributed by atoms with Gasteiger partial charge in [0, 0.05) is 16.6 Å². The Bertz CT molecular complexity index is 521. The highest BCUT2D eigenvalue weighted by Crippen LogP contribution is 2.33. The molecule has 0 aromatic heterocycles. The fraction of sp³-hybridized carbons (Fsp3) is 0.429. The molecule has 0 heterocycles. The standard InChI is InChI=1S/C14H17ClN2O3/c1-2-8-7-11(8)16-14(20)17-12(13(18)19)9-5-3-4-6-10(9)15/h3-6,8,11-12H,2,7H2,1H3,(H,18,19)(H2,16,17,20)/t8?,11?,12-/m1/s1. The summed E-state index contributed by atoms with van der Waals surface area (Å²) < 4.78 is 0. The van der Waals surface area contributed by atoms with Gasteiger partial charge in [-0.05, 0) is 18.4 Å². The van der Waals surface area contributed by atoms with Gasteiger partial charge in [-0.2, -0.15) is 0 Å². The Morgan fingerprint density at radius 1 is 1.45 bits per heavy atom. The van der Waals surface area contributed by atoms with E-state index < -0.39 is 18.0 Å². The zero-order valence-corrected chi connectivity index (χ0v) is 11.9. The lowest BCUT2D eigenvalue weighted by Crippen LogP contribution is -2.42. The van der Waals surface area contributed by atoms with Gasteiger partial charge in [-0.1, -0.05) is 43.1 Å². The molecule has 0 aliphatic heterocycles. The van der Waals surface area contributed by atoms with Crippen molar-refractivity contribution in [2.24, 2.45) is 5.92 Å². The lowest BCUT2D eigenvalue weighted by atomic mass is 10.1. The third kappa shape index (κ3) is 3.42. The number of carboxylic acid groups (broad SMARTS) is 1. The largest absolute Gasteiger partial charge is 0.479 e. The number of hydrogen-bond donors (Lipinski definition) is 3. The summed E-state index contributed by atoms with van der Waals surface area (Å²) in [5, 5.41) is 14.8. The predicted octanol–water partition coefficient (Wildman–Crippen LogP) is 2.56. The molecule has 1 aliphatic carbocycles. The zero-order valence-electron chi connectivity index (χ0n) is 11.1. The first-order chi connectivity index (χ1) is 9.52. The predicted molar refractivity (Wildman–Crippen MR) is 75.7 cm³/mol. The molecule has 20 heavy (non-hydrogen) atoms. The number of carboxylic acids is 1. The second kappa shape index (κ2) is 6.13. The second-order valence-electron chi connectivity index (χ2n) is 4.92. The van der Waals surface area contributed by atoms with Gasteiger partial charge in [-0.25, -0.2) is 9.59 Å². The van der Waals surface area contributed by atoms with Crippen LogP contribution in [0.15, 0.2) is 24.3 Å². The van der Waals surface area contributed by atoms with Crippen molar-refractivity contribution in [3.63, 3.8) is 0 Å². The Hall–Kier alpha value is -1.75. The van der Waals surface area contributed by atoms with Crippen molar-refractivity contribution >= 4 is 23.6 Å². The first-order valence-electron chi connectivity index (χ1n) is 6.57. The van der Waals surface area contributed by atoms with E-state index in [4.69, 9.17) is 11.6 Å². The molecule has 1 aliphatic rings. The first-order valence-corrected chi connectivity index (χ1v) is 6.95. The van der Waals surface area contributed by atoms with Gasteiger partial charge in [0.1, 0.15) is 0 Å². The maximum Gasteiger partial charge on any atom is 0.331 e. The van der Waals surface area contributed by atoms with Crippen molar-refractivity contribution in [2.75, 3.05) is 0 Å². The number of rotatable bonds is 5. The Morgan fingerprint density at radius 2 is 2.15 bits per heavy atom. The molecule has 108 valence electrons. The molecule has 3 N–H and O–H groups in total. The Kier molecular flexibility index (Phi) is 4.49. The third-order valence-corrected chi connectivity index (χ3v) is 3.85. The molecular formula is C14H17ClN2O3. The third-order valence-electron chi connectivity index (χ3n) is 3.50. The number of hydrogen-bond acceptors (Lipinski definition) is 2. The van der Waals surface area contributed by atoms with Gasteiger partial charge in [-0.3, -0.25) is 0 Å². The fourth-order valence-corrected chi connectivity index (χ4v) is 2.44. The summed E-state index contributed by atoms with van der Waals surface area (Å²) in [6.45, 7) is 2.06. The van der Waals surface area contributed by atoms with Crippen LogP contribution >= 0.6 is 11.6 Å². The lowest BCUT2D eigenvalue weighted by molar-refractivity contribution is -0.139. The van der Waals surface area contributed by atoms with E-state index in [1.165, 1.54) is 0 Å². The van der Waals surface area contributed by atoms with Crippen LogP contribution in [-0.4, -0.2) is 23.1 Å². The summed E-state index contributed by atoms with van der Waals surface area (Å²) in [7, 11) is 0. The lowest BCUT2D eigenvalue weighted by Gasteiger charge is -2.16. The van der Waals surface area contributed by atoms with Crippen LogP contribution in [0.2, 0.25) is 5.02 Å². The van der Waals surface area contributed by atoms with E-state index in [-0.39, 0.29) is 6.04 Å². The van der Waals surface area contributed by atoms with Gasteiger partial charge < -0.3 is 15.7 Å². The molecule has 0 spiro atoms. The van der Waals surface area contributed by atoms with Crippen LogP contribution in [0.25, 0.3) is 0 Å². The van der Waals surface area contributed by atoms with Crippen LogP contribution in [0.1, 0.15) is 31.4 Å². The highest BCUT2D eigenvalue weighted by atomic mass is 35.5. The van der Waals surface area contributed by atoms with E-state index >= 15 is 0 Å². The number of aliphatic carboxylic acids is 1. The molecule has 1 saturated carbocycles. The molecule has 2 amide bonds. The number of carbonyl (C=O) groups excluding carboxylic acids is 1. The minimum Gasteiger partial charge on any atom is -0.479 e. The molecule has 0 radical (unpaired) electrons. The smallest absolute Gasteiger partial charge is 0.331 e. The highest BCUT2D eigenvalue weighted by molar-refractivity contribution is 6.31. The van der Waals surface area contributed by atoms with Crippen LogP contribution in [0.3, 0.4) is 0 Å². The van der Waals surface area contributed by atoms with Crippen molar-refractivity contribution in [2.45, 2.75) is 31.8 Å². The maximum atomic E-state index is 11.8. The van der Waals surface area contributed by atoms with Crippen molar-refractivity contribution in [3.05, 3.63) is 34.9 Å². The molecule has 0 saturated heterocycles. The number of urea groups is 1. The normalized spacial score (nSPS) is 21.9. The molecular weight excluding hydrogens is 280 g/mol. The van der Waals surface area contributed by atoms with Gasteiger partial charge in [-0.15, -0.1) is 0 Å². The molecule has 6 heteroatoms. The van der Waals surface area contributed by atoms with Gasteiger partial charge in [0.05, 0.1) is 0 Å². The number of carbonyl (C=O) groups is 2. The minimum atomic E-state index is -1.15. The Morgan fingerprint density at radius 3 is 2.70 bits per heavy atom. The van der Waals surface area contributed by atoms with Crippen molar-refractivity contribution in [3.8, 4) is 0 Å². The van der Waals surface area contributed by atoms with Gasteiger partial charge >= 0.3 is 12.0 Å². The van der Waals surface area contributed by atoms with Gasteiger partial charge in [0.15, 0.2) is 6.04 Å². The number of halogens is 1. The molecule has 1 fully saturated rings. The SMILES string of the molecule is CCC1CC1NC(=O)N[C@@H](C(=O)O)c1ccccc1Cl. The zero-order chi connectivity index (χ0) is 14.7.